The topological polar surface area (TPSA) is 26.3 Å². The van der Waals surface area contributed by atoms with Crippen molar-refractivity contribution in [1.82, 2.24) is 0 Å². The second kappa shape index (κ2) is 6.93. The molecule has 0 fully saturated rings. The van der Waals surface area contributed by atoms with Crippen molar-refractivity contribution in [3.8, 4) is 5.75 Å². The number of para-hydroxylation sites is 1. The SMILES string of the molecule is CC.CC(=O)Cc1ccccc1OC(F)(F)F. The third kappa shape index (κ3) is 6.60. The molecule has 0 radical (unpaired) electrons. The fourth-order valence-corrected chi connectivity index (χ4v) is 1.14. The number of rotatable bonds is 3. The van der Waals surface area contributed by atoms with Gasteiger partial charge in [0.25, 0.3) is 0 Å². The molecule has 0 heterocycles. The summed E-state index contributed by atoms with van der Waals surface area (Å²) in [5.74, 6) is -0.534. The van der Waals surface area contributed by atoms with Gasteiger partial charge in [0.15, 0.2) is 0 Å². The molecule has 0 unspecified atom stereocenters. The number of benzene rings is 1. The molecule has 0 aromatic heterocycles. The van der Waals surface area contributed by atoms with Crippen molar-refractivity contribution in [3.63, 3.8) is 0 Å². The van der Waals surface area contributed by atoms with Crippen LogP contribution in [0, 0.1) is 0 Å². The lowest BCUT2D eigenvalue weighted by Crippen LogP contribution is -2.18. The molecule has 17 heavy (non-hydrogen) atoms. The molecule has 0 atom stereocenters. The lowest BCUT2D eigenvalue weighted by atomic mass is 10.1. The lowest BCUT2D eigenvalue weighted by molar-refractivity contribution is -0.274. The van der Waals surface area contributed by atoms with E-state index in [0.717, 1.165) is 0 Å². The van der Waals surface area contributed by atoms with Gasteiger partial charge in [-0.3, -0.25) is 4.79 Å². The highest BCUT2D eigenvalue weighted by Gasteiger charge is 2.31. The molecule has 0 aliphatic heterocycles. The molecule has 0 aliphatic carbocycles. The number of halogens is 3. The van der Waals surface area contributed by atoms with Crippen LogP contribution in [0.3, 0.4) is 0 Å². The fraction of sp³-hybridized carbons (Fsp3) is 0.417. The van der Waals surface area contributed by atoms with Gasteiger partial charge < -0.3 is 4.74 Å². The number of alkyl halides is 3. The van der Waals surface area contributed by atoms with Crippen LogP contribution < -0.4 is 4.74 Å². The molecule has 0 amide bonds. The monoisotopic (exact) mass is 248 g/mol. The fourth-order valence-electron chi connectivity index (χ4n) is 1.14. The molecule has 0 aliphatic rings. The van der Waals surface area contributed by atoms with E-state index in [-0.39, 0.29) is 23.5 Å². The van der Waals surface area contributed by atoms with Crippen molar-refractivity contribution < 1.29 is 22.7 Å². The summed E-state index contributed by atoms with van der Waals surface area (Å²) in [7, 11) is 0. The second-order valence-electron chi connectivity index (χ2n) is 3.03. The van der Waals surface area contributed by atoms with E-state index >= 15 is 0 Å². The normalized spacial score (nSPS) is 10.2. The molecular formula is C12H15F3O2. The van der Waals surface area contributed by atoms with Crippen molar-refractivity contribution >= 4 is 5.78 Å². The first kappa shape index (κ1) is 15.5. The first-order valence-electron chi connectivity index (χ1n) is 5.21. The largest absolute Gasteiger partial charge is 0.573 e. The van der Waals surface area contributed by atoms with Crippen molar-refractivity contribution in [3.05, 3.63) is 29.8 Å². The molecule has 0 N–H and O–H groups in total. The predicted molar refractivity (Wildman–Crippen MR) is 58.9 cm³/mol. The van der Waals surface area contributed by atoms with Crippen molar-refractivity contribution in [2.45, 2.75) is 33.6 Å². The number of Topliss-reactive ketones (excluding diaryl/α,β-unsaturated/α-hetero) is 1. The van der Waals surface area contributed by atoms with Crippen LogP contribution in [0.15, 0.2) is 24.3 Å². The van der Waals surface area contributed by atoms with E-state index in [1.54, 1.807) is 6.07 Å². The van der Waals surface area contributed by atoms with Gasteiger partial charge >= 0.3 is 6.36 Å². The molecule has 1 rings (SSSR count). The number of carbonyl (C=O) groups is 1. The third-order valence-corrected chi connectivity index (χ3v) is 1.64. The Labute approximate surface area is 98.4 Å². The molecule has 96 valence electrons. The number of carbonyl (C=O) groups excluding carboxylic acids is 1. The Hall–Kier alpha value is -1.52. The molecular weight excluding hydrogens is 233 g/mol. The van der Waals surface area contributed by atoms with E-state index in [9.17, 15) is 18.0 Å². The molecule has 1 aromatic rings. The molecule has 0 spiro atoms. The van der Waals surface area contributed by atoms with Crippen LogP contribution in [0.5, 0.6) is 5.75 Å². The van der Waals surface area contributed by atoms with Crippen molar-refractivity contribution in [1.29, 1.82) is 0 Å². The van der Waals surface area contributed by atoms with Gasteiger partial charge in [-0.05, 0) is 13.0 Å². The van der Waals surface area contributed by atoms with Gasteiger partial charge in [-0.25, -0.2) is 0 Å². The second-order valence-corrected chi connectivity index (χ2v) is 3.03. The van der Waals surface area contributed by atoms with Gasteiger partial charge in [-0.15, -0.1) is 13.2 Å². The van der Waals surface area contributed by atoms with E-state index in [2.05, 4.69) is 4.74 Å². The van der Waals surface area contributed by atoms with E-state index < -0.39 is 6.36 Å². The highest BCUT2D eigenvalue weighted by molar-refractivity contribution is 5.78. The van der Waals surface area contributed by atoms with Crippen molar-refractivity contribution in [2.24, 2.45) is 0 Å². The maximum Gasteiger partial charge on any atom is 0.573 e. The Kier molecular flexibility index (Phi) is 6.31. The maximum atomic E-state index is 12.0. The summed E-state index contributed by atoms with van der Waals surface area (Å²) in [6.07, 6.45) is -4.79. The van der Waals surface area contributed by atoms with Crippen LogP contribution in [-0.2, 0) is 11.2 Å². The number of ketones is 1. The van der Waals surface area contributed by atoms with E-state index in [1.807, 2.05) is 13.8 Å². The molecule has 2 nitrogen and oxygen atoms in total. The Morgan fingerprint density at radius 2 is 1.76 bits per heavy atom. The summed E-state index contributed by atoms with van der Waals surface area (Å²) in [5.41, 5.74) is 0.238. The summed E-state index contributed by atoms with van der Waals surface area (Å²) in [5, 5.41) is 0. The van der Waals surface area contributed by atoms with Crippen LogP contribution >= 0.6 is 0 Å². The molecule has 0 bridgehead atoms. The highest BCUT2D eigenvalue weighted by atomic mass is 19.4. The molecule has 5 heteroatoms. The van der Waals surface area contributed by atoms with Gasteiger partial charge in [0.1, 0.15) is 11.5 Å². The van der Waals surface area contributed by atoms with Gasteiger partial charge in [-0.1, -0.05) is 32.0 Å². The summed E-state index contributed by atoms with van der Waals surface area (Å²) < 4.78 is 39.6. The summed E-state index contributed by atoms with van der Waals surface area (Å²) in [6.45, 7) is 5.31. The van der Waals surface area contributed by atoms with Crippen LogP contribution in [0.2, 0.25) is 0 Å². The van der Waals surface area contributed by atoms with Gasteiger partial charge in [-0.2, -0.15) is 0 Å². The van der Waals surface area contributed by atoms with Gasteiger partial charge in [0, 0.05) is 12.0 Å². The maximum absolute atomic E-state index is 12.0. The average molecular weight is 248 g/mol. The highest BCUT2D eigenvalue weighted by Crippen LogP contribution is 2.26. The number of hydrogen-bond acceptors (Lipinski definition) is 2. The first-order valence-corrected chi connectivity index (χ1v) is 5.21. The predicted octanol–water partition coefficient (Wildman–Crippen LogP) is 3.74. The quantitative estimate of drug-likeness (QED) is 0.814. The molecule has 0 saturated heterocycles. The molecule has 1 aromatic carbocycles. The summed E-state index contributed by atoms with van der Waals surface area (Å²) in [4.78, 5) is 10.8. The van der Waals surface area contributed by atoms with Crippen LogP contribution in [0.25, 0.3) is 0 Å². The average Bonchev–Trinajstić information content (AvgIpc) is 2.21. The Bertz CT molecular complexity index is 359. The first-order chi connectivity index (χ1) is 7.88. The Morgan fingerprint density at radius 3 is 2.24 bits per heavy atom. The van der Waals surface area contributed by atoms with Gasteiger partial charge in [0.2, 0.25) is 0 Å². The number of hydrogen-bond donors (Lipinski definition) is 0. The van der Waals surface area contributed by atoms with Crippen LogP contribution in [0.1, 0.15) is 26.3 Å². The van der Waals surface area contributed by atoms with E-state index in [0.29, 0.717) is 0 Å². The van der Waals surface area contributed by atoms with Gasteiger partial charge in [0.05, 0.1) is 0 Å². The Morgan fingerprint density at radius 1 is 1.24 bits per heavy atom. The number of ether oxygens (including phenoxy) is 1. The van der Waals surface area contributed by atoms with Crippen LogP contribution in [-0.4, -0.2) is 12.1 Å². The van der Waals surface area contributed by atoms with E-state index in [4.69, 9.17) is 0 Å². The van der Waals surface area contributed by atoms with E-state index in [1.165, 1.54) is 25.1 Å². The smallest absolute Gasteiger partial charge is 0.405 e. The minimum atomic E-state index is -4.73. The summed E-state index contributed by atoms with van der Waals surface area (Å²) >= 11 is 0. The minimum Gasteiger partial charge on any atom is -0.405 e. The zero-order chi connectivity index (χ0) is 13.5. The lowest BCUT2D eigenvalue weighted by Gasteiger charge is -2.12. The van der Waals surface area contributed by atoms with Crippen LogP contribution in [0.4, 0.5) is 13.2 Å². The standard InChI is InChI=1S/C10H9F3O2.C2H6/c1-7(14)6-8-4-2-3-5-9(8)15-10(11,12)13;1-2/h2-5H,6H2,1H3;1-2H3. The molecule has 0 saturated carbocycles. The third-order valence-electron chi connectivity index (χ3n) is 1.64. The summed E-state index contributed by atoms with van der Waals surface area (Å²) in [6, 6.07) is 5.60. The Balaban J connectivity index is 0.00000121. The van der Waals surface area contributed by atoms with Crippen molar-refractivity contribution in [2.75, 3.05) is 0 Å². The minimum absolute atomic E-state index is 0.0632. The zero-order valence-electron chi connectivity index (χ0n) is 9.97. The zero-order valence-corrected chi connectivity index (χ0v) is 9.97.